The minimum Gasteiger partial charge on any atom is -0.395 e. The zero-order valence-corrected chi connectivity index (χ0v) is 6.88. The molecule has 0 bridgehead atoms. The van der Waals surface area contributed by atoms with E-state index in [9.17, 15) is 0 Å². The van der Waals surface area contributed by atoms with Crippen molar-refractivity contribution >= 4 is 0 Å². The predicted molar refractivity (Wildman–Crippen MR) is 41.9 cm³/mol. The van der Waals surface area contributed by atoms with E-state index in [0.717, 1.165) is 5.92 Å². The molecule has 2 heteroatoms. The van der Waals surface area contributed by atoms with Gasteiger partial charge in [-0.05, 0) is 12.8 Å². The van der Waals surface area contributed by atoms with Gasteiger partial charge in [0.15, 0.2) is 0 Å². The molecule has 1 rings (SSSR count). The van der Waals surface area contributed by atoms with Crippen molar-refractivity contribution in [2.24, 2.45) is 5.92 Å². The van der Waals surface area contributed by atoms with Crippen LogP contribution in [0.3, 0.4) is 0 Å². The number of rotatable bonds is 3. The summed E-state index contributed by atoms with van der Waals surface area (Å²) in [7, 11) is 0. The summed E-state index contributed by atoms with van der Waals surface area (Å²) >= 11 is 0. The van der Waals surface area contributed by atoms with E-state index < -0.39 is 0 Å². The first-order valence-corrected chi connectivity index (χ1v) is 4.12. The Morgan fingerprint density at radius 3 is 2.60 bits per heavy atom. The molecular weight excluding hydrogens is 126 g/mol. The number of likely N-dealkylation sites (tertiary alicyclic amines) is 1. The summed E-state index contributed by atoms with van der Waals surface area (Å²) in [5, 5.41) is 8.79. The van der Waals surface area contributed by atoms with Crippen molar-refractivity contribution in [1.82, 2.24) is 4.90 Å². The van der Waals surface area contributed by atoms with Gasteiger partial charge in [0.2, 0.25) is 0 Å². The van der Waals surface area contributed by atoms with Gasteiger partial charge in [0, 0.05) is 19.1 Å². The maximum absolute atomic E-state index is 8.79. The van der Waals surface area contributed by atoms with E-state index in [4.69, 9.17) is 5.11 Å². The van der Waals surface area contributed by atoms with Crippen LogP contribution in [0.15, 0.2) is 0 Å². The summed E-state index contributed by atoms with van der Waals surface area (Å²) in [5.74, 6) is 0.897. The van der Waals surface area contributed by atoms with Crippen molar-refractivity contribution in [1.29, 1.82) is 0 Å². The lowest BCUT2D eigenvalue weighted by Crippen LogP contribution is -2.51. The van der Waals surface area contributed by atoms with E-state index in [1.165, 1.54) is 19.5 Å². The largest absolute Gasteiger partial charge is 0.395 e. The molecule has 1 saturated heterocycles. The van der Waals surface area contributed by atoms with Crippen molar-refractivity contribution in [2.45, 2.75) is 26.3 Å². The smallest absolute Gasteiger partial charge is 0.0584 e. The molecule has 10 heavy (non-hydrogen) atoms. The third-order valence-corrected chi connectivity index (χ3v) is 2.45. The minimum atomic E-state index is 0.302. The molecule has 0 aliphatic carbocycles. The maximum atomic E-state index is 8.79. The SMILES string of the molecule is CCC1CN(C(C)CO)C1. The highest BCUT2D eigenvalue weighted by atomic mass is 16.3. The lowest BCUT2D eigenvalue weighted by molar-refractivity contribution is 0.0310. The number of aliphatic hydroxyl groups is 1. The summed E-state index contributed by atoms with van der Waals surface area (Å²) in [6.45, 7) is 6.99. The second-order valence-electron chi connectivity index (χ2n) is 3.26. The molecule has 1 aliphatic rings. The molecule has 0 amide bonds. The highest BCUT2D eigenvalue weighted by Crippen LogP contribution is 2.20. The number of hydrogen-bond donors (Lipinski definition) is 1. The van der Waals surface area contributed by atoms with Crippen LogP contribution in [0.5, 0.6) is 0 Å². The summed E-state index contributed by atoms with van der Waals surface area (Å²) in [6, 6.07) is 0.378. The van der Waals surface area contributed by atoms with Crippen LogP contribution in [-0.2, 0) is 0 Å². The van der Waals surface area contributed by atoms with E-state index >= 15 is 0 Å². The second kappa shape index (κ2) is 3.35. The quantitative estimate of drug-likeness (QED) is 0.629. The molecular formula is C8H17NO. The highest BCUT2D eigenvalue weighted by Gasteiger charge is 2.27. The molecule has 0 aromatic carbocycles. The first kappa shape index (κ1) is 8.02. The minimum absolute atomic E-state index is 0.302. The monoisotopic (exact) mass is 143 g/mol. The average Bonchev–Trinajstić information content (AvgIpc) is 1.85. The molecule has 60 valence electrons. The maximum Gasteiger partial charge on any atom is 0.0584 e. The van der Waals surface area contributed by atoms with Gasteiger partial charge in [-0.2, -0.15) is 0 Å². The van der Waals surface area contributed by atoms with E-state index in [1.807, 2.05) is 0 Å². The molecule has 2 nitrogen and oxygen atoms in total. The van der Waals surface area contributed by atoms with E-state index in [0.29, 0.717) is 12.6 Å². The Labute approximate surface area is 62.8 Å². The van der Waals surface area contributed by atoms with E-state index in [1.54, 1.807) is 0 Å². The Morgan fingerprint density at radius 1 is 1.60 bits per heavy atom. The Kier molecular flexibility index (Phi) is 2.69. The fourth-order valence-corrected chi connectivity index (χ4v) is 1.34. The fourth-order valence-electron chi connectivity index (χ4n) is 1.34. The van der Waals surface area contributed by atoms with Crippen LogP contribution in [0, 0.1) is 5.92 Å². The molecule has 1 N–H and O–H groups in total. The van der Waals surface area contributed by atoms with Gasteiger partial charge >= 0.3 is 0 Å². The third-order valence-electron chi connectivity index (χ3n) is 2.45. The van der Waals surface area contributed by atoms with Crippen molar-refractivity contribution < 1.29 is 5.11 Å². The molecule has 1 unspecified atom stereocenters. The number of aliphatic hydroxyl groups excluding tert-OH is 1. The Hall–Kier alpha value is -0.0800. The molecule has 1 aliphatic heterocycles. The normalized spacial score (nSPS) is 24.3. The van der Waals surface area contributed by atoms with Crippen LogP contribution in [0.4, 0.5) is 0 Å². The summed E-state index contributed by atoms with van der Waals surface area (Å²) in [4.78, 5) is 2.33. The molecule has 0 aromatic heterocycles. The molecule has 0 saturated carbocycles. The molecule has 1 atom stereocenters. The third kappa shape index (κ3) is 1.50. The summed E-state index contributed by atoms with van der Waals surface area (Å²) in [6.07, 6.45) is 1.29. The van der Waals surface area contributed by atoms with Crippen molar-refractivity contribution in [3.63, 3.8) is 0 Å². The molecule has 0 spiro atoms. The van der Waals surface area contributed by atoms with Crippen molar-refractivity contribution in [3.8, 4) is 0 Å². The van der Waals surface area contributed by atoms with Crippen LogP contribution in [0.1, 0.15) is 20.3 Å². The first-order valence-electron chi connectivity index (χ1n) is 4.12. The lowest BCUT2D eigenvalue weighted by atomic mass is 9.96. The molecule has 0 aromatic rings. The summed E-state index contributed by atoms with van der Waals surface area (Å²) in [5.41, 5.74) is 0. The van der Waals surface area contributed by atoms with Gasteiger partial charge in [-0.1, -0.05) is 13.3 Å². The Morgan fingerprint density at radius 2 is 2.20 bits per heavy atom. The van der Waals surface area contributed by atoms with Crippen LogP contribution >= 0.6 is 0 Å². The standard InChI is InChI=1S/C8H17NO/c1-3-8-4-9(5-8)7(2)6-10/h7-8,10H,3-6H2,1-2H3. The van der Waals surface area contributed by atoms with Crippen LogP contribution in [-0.4, -0.2) is 35.7 Å². The van der Waals surface area contributed by atoms with E-state index in [2.05, 4.69) is 18.7 Å². The zero-order valence-electron chi connectivity index (χ0n) is 6.88. The van der Waals surface area contributed by atoms with Gasteiger partial charge in [0.25, 0.3) is 0 Å². The van der Waals surface area contributed by atoms with Crippen LogP contribution in [0.2, 0.25) is 0 Å². The van der Waals surface area contributed by atoms with Gasteiger partial charge in [0.05, 0.1) is 6.61 Å². The summed E-state index contributed by atoms with van der Waals surface area (Å²) < 4.78 is 0. The number of hydrogen-bond acceptors (Lipinski definition) is 2. The van der Waals surface area contributed by atoms with Crippen LogP contribution < -0.4 is 0 Å². The van der Waals surface area contributed by atoms with Gasteiger partial charge in [0.1, 0.15) is 0 Å². The van der Waals surface area contributed by atoms with E-state index in [-0.39, 0.29) is 0 Å². The lowest BCUT2D eigenvalue weighted by Gasteiger charge is -2.42. The van der Waals surface area contributed by atoms with Crippen molar-refractivity contribution in [3.05, 3.63) is 0 Å². The van der Waals surface area contributed by atoms with Gasteiger partial charge in [-0.15, -0.1) is 0 Å². The van der Waals surface area contributed by atoms with Crippen molar-refractivity contribution in [2.75, 3.05) is 19.7 Å². The number of nitrogens with zero attached hydrogens (tertiary/aromatic N) is 1. The molecule has 0 radical (unpaired) electrons. The predicted octanol–water partition coefficient (Wildman–Crippen LogP) is 0.709. The zero-order chi connectivity index (χ0) is 7.56. The first-order chi connectivity index (χ1) is 4.77. The fraction of sp³-hybridized carbons (Fsp3) is 1.00. The topological polar surface area (TPSA) is 23.5 Å². The van der Waals surface area contributed by atoms with Gasteiger partial charge in [-0.3, -0.25) is 4.90 Å². The van der Waals surface area contributed by atoms with Gasteiger partial charge < -0.3 is 5.11 Å². The van der Waals surface area contributed by atoms with Crippen LogP contribution in [0.25, 0.3) is 0 Å². The average molecular weight is 143 g/mol. The van der Waals surface area contributed by atoms with Gasteiger partial charge in [-0.25, -0.2) is 0 Å². The Balaban J connectivity index is 2.13. The second-order valence-corrected chi connectivity index (χ2v) is 3.26. The molecule has 1 heterocycles. The Bertz CT molecular complexity index is 99.4. The highest BCUT2D eigenvalue weighted by molar-refractivity contribution is 4.82. The molecule has 1 fully saturated rings.